The quantitative estimate of drug-likeness (QED) is 0.597. The van der Waals surface area contributed by atoms with Gasteiger partial charge in [0.2, 0.25) is 11.8 Å². The average Bonchev–Trinajstić information content (AvgIpc) is 3.28. The van der Waals surface area contributed by atoms with Crippen LogP contribution in [-0.4, -0.2) is 64.8 Å². The standard InChI is InChI=1S/C24H33N7O2/c25-17-15-26-31(16-17)21-9-13-30(14-10-21)20-7-11-29(12-8-20)19-3-1-18(2-4-19)27-22-5-6-23(32)28-24(22)33/h1-4,15-16,20-22,27H,5-14,25H2,(H,28,32,33). The summed E-state index contributed by atoms with van der Waals surface area (Å²) in [6.07, 6.45) is 9.21. The predicted molar refractivity (Wildman–Crippen MR) is 128 cm³/mol. The Morgan fingerprint density at radius 1 is 0.939 bits per heavy atom. The third kappa shape index (κ3) is 4.98. The number of hydrogen-bond donors (Lipinski definition) is 3. The van der Waals surface area contributed by atoms with Gasteiger partial charge in [-0.1, -0.05) is 0 Å². The Labute approximate surface area is 194 Å². The fourth-order valence-corrected chi connectivity index (χ4v) is 5.36. The molecule has 1 atom stereocenters. The molecular weight excluding hydrogens is 418 g/mol. The third-order valence-corrected chi connectivity index (χ3v) is 7.29. The van der Waals surface area contributed by atoms with Crippen molar-refractivity contribution in [2.45, 2.75) is 56.7 Å². The Bertz CT molecular complexity index is 973. The first-order valence-electron chi connectivity index (χ1n) is 12.0. The topological polar surface area (TPSA) is 109 Å². The first-order valence-corrected chi connectivity index (χ1v) is 12.0. The van der Waals surface area contributed by atoms with E-state index in [0.717, 1.165) is 50.4 Å². The molecule has 3 aliphatic rings. The van der Waals surface area contributed by atoms with Gasteiger partial charge in [0.05, 0.1) is 17.9 Å². The summed E-state index contributed by atoms with van der Waals surface area (Å²) in [4.78, 5) is 28.4. The van der Waals surface area contributed by atoms with Crippen molar-refractivity contribution in [2.75, 3.05) is 42.1 Å². The fourth-order valence-electron chi connectivity index (χ4n) is 5.36. The van der Waals surface area contributed by atoms with Gasteiger partial charge in [-0.15, -0.1) is 0 Å². The Balaban J connectivity index is 1.09. The number of anilines is 3. The number of amides is 2. The molecular formula is C24H33N7O2. The number of hydrogen-bond acceptors (Lipinski definition) is 7. The van der Waals surface area contributed by atoms with Gasteiger partial charge in [-0.25, -0.2) is 0 Å². The Kier molecular flexibility index (Phi) is 6.22. The summed E-state index contributed by atoms with van der Waals surface area (Å²) in [5.74, 6) is -0.431. The van der Waals surface area contributed by atoms with E-state index in [1.165, 1.54) is 18.5 Å². The summed E-state index contributed by atoms with van der Waals surface area (Å²) < 4.78 is 2.04. The minimum absolute atomic E-state index is 0.190. The van der Waals surface area contributed by atoms with Crippen LogP contribution >= 0.6 is 0 Å². The van der Waals surface area contributed by atoms with Gasteiger partial charge in [0, 0.05) is 56.2 Å². The molecule has 4 heterocycles. The van der Waals surface area contributed by atoms with Gasteiger partial charge in [-0.05, 0) is 56.4 Å². The molecule has 2 aromatic rings. The molecule has 1 unspecified atom stereocenters. The summed E-state index contributed by atoms with van der Waals surface area (Å²) in [7, 11) is 0. The molecule has 3 aliphatic heterocycles. The normalized spacial score (nSPS) is 23.5. The first kappa shape index (κ1) is 21.8. The SMILES string of the molecule is Nc1cnn(C2CCN(C3CCN(c4ccc(NC5CCC(=O)NC5=O)cc4)CC3)CC2)c1. The highest BCUT2D eigenvalue weighted by atomic mass is 16.2. The molecule has 4 N–H and O–H groups in total. The van der Waals surface area contributed by atoms with E-state index in [0.29, 0.717) is 24.9 Å². The van der Waals surface area contributed by atoms with Crippen LogP contribution in [0.5, 0.6) is 0 Å². The number of aromatic nitrogens is 2. The van der Waals surface area contributed by atoms with Crippen LogP contribution in [0.1, 0.15) is 44.6 Å². The van der Waals surface area contributed by atoms with E-state index in [-0.39, 0.29) is 17.9 Å². The minimum atomic E-state index is -0.348. The maximum atomic E-state index is 12.0. The Morgan fingerprint density at radius 2 is 1.64 bits per heavy atom. The van der Waals surface area contributed by atoms with Crippen molar-refractivity contribution in [1.29, 1.82) is 0 Å². The van der Waals surface area contributed by atoms with Crippen molar-refractivity contribution in [3.8, 4) is 0 Å². The first-order chi connectivity index (χ1) is 16.0. The van der Waals surface area contributed by atoms with Gasteiger partial charge in [0.25, 0.3) is 0 Å². The molecule has 3 fully saturated rings. The Hall–Kier alpha value is -3.07. The molecule has 0 aliphatic carbocycles. The third-order valence-electron chi connectivity index (χ3n) is 7.29. The second-order valence-electron chi connectivity index (χ2n) is 9.43. The number of carbonyl (C=O) groups is 2. The molecule has 2 amide bonds. The van der Waals surface area contributed by atoms with Gasteiger partial charge in [-0.2, -0.15) is 5.10 Å². The molecule has 1 aromatic carbocycles. The fraction of sp³-hybridized carbons (Fsp3) is 0.542. The highest BCUT2D eigenvalue weighted by Crippen LogP contribution is 2.29. The van der Waals surface area contributed by atoms with Crippen molar-refractivity contribution < 1.29 is 9.59 Å². The lowest BCUT2D eigenvalue weighted by atomic mass is 9.97. The Morgan fingerprint density at radius 3 is 2.27 bits per heavy atom. The van der Waals surface area contributed by atoms with E-state index in [1.54, 1.807) is 6.20 Å². The number of nitrogens with two attached hydrogens (primary N) is 1. The van der Waals surface area contributed by atoms with Gasteiger partial charge in [0.1, 0.15) is 6.04 Å². The number of nitrogen functional groups attached to an aromatic ring is 1. The molecule has 33 heavy (non-hydrogen) atoms. The smallest absolute Gasteiger partial charge is 0.249 e. The van der Waals surface area contributed by atoms with E-state index >= 15 is 0 Å². The van der Waals surface area contributed by atoms with Crippen LogP contribution in [0.3, 0.4) is 0 Å². The zero-order valence-electron chi connectivity index (χ0n) is 18.9. The van der Waals surface area contributed by atoms with Gasteiger partial charge >= 0.3 is 0 Å². The summed E-state index contributed by atoms with van der Waals surface area (Å²) in [5.41, 5.74) is 8.69. The number of nitrogens with zero attached hydrogens (tertiary/aromatic N) is 4. The van der Waals surface area contributed by atoms with Crippen molar-refractivity contribution in [3.05, 3.63) is 36.7 Å². The second-order valence-corrected chi connectivity index (χ2v) is 9.43. The monoisotopic (exact) mass is 451 g/mol. The maximum Gasteiger partial charge on any atom is 0.249 e. The van der Waals surface area contributed by atoms with E-state index < -0.39 is 0 Å². The van der Waals surface area contributed by atoms with Crippen LogP contribution < -0.4 is 21.3 Å². The number of carbonyl (C=O) groups excluding carboxylic acids is 2. The number of nitrogens with one attached hydrogen (secondary N) is 2. The van der Waals surface area contributed by atoms with Crippen LogP contribution in [0.2, 0.25) is 0 Å². The molecule has 0 spiro atoms. The van der Waals surface area contributed by atoms with Crippen LogP contribution in [0.15, 0.2) is 36.7 Å². The molecule has 3 saturated heterocycles. The number of rotatable bonds is 5. The molecule has 1 aromatic heterocycles. The highest BCUT2D eigenvalue weighted by Gasteiger charge is 2.29. The number of benzene rings is 1. The molecule has 9 heteroatoms. The molecule has 5 rings (SSSR count). The van der Waals surface area contributed by atoms with Crippen molar-refractivity contribution >= 4 is 28.9 Å². The summed E-state index contributed by atoms with van der Waals surface area (Å²) in [6.45, 7) is 4.35. The van der Waals surface area contributed by atoms with Gasteiger partial charge in [-0.3, -0.25) is 19.6 Å². The van der Waals surface area contributed by atoms with Crippen molar-refractivity contribution in [3.63, 3.8) is 0 Å². The van der Waals surface area contributed by atoms with Crippen molar-refractivity contribution in [1.82, 2.24) is 20.0 Å². The zero-order valence-corrected chi connectivity index (χ0v) is 18.9. The predicted octanol–water partition coefficient (Wildman–Crippen LogP) is 1.99. The lowest BCUT2D eigenvalue weighted by Crippen LogP contribution is -2.48. The summed E-state index contributed by atoms with van der Waals surface area (Å²) in [6, 6.07) is 9.06. The van der Waals surface area contributed by atoms with Crippen LogP contribution in [0.25, 0.3) is 0 Å². The van der Waals surface area contributed by atoms with Crippen molar-refractivity contribution in [2.24, 2.45) is 0 Å². The molecule has 0 saturated carbocycles. The number of piperidine rings is 3. The van der Waals surface area contributed by atoms with E-state index in [4.69, 9.17) is 5.73 Å². The average molecular weight is 452 g/mol. The minimum Gasteiger partial charge on any atom is -0.396 e. The molecule has 0 radical (unpaired) electrons. The summed E-state index contributed by atoms with van der Waals surface area (Å²) >= 11 is 0. The van der Waals surface area contributed by atoms with Gasteiger partial charge in [0.15, 0.2) is 0 Å². The van der Waals surface area contributed by atoms with Crippen LogP contribution in [-0.2, 0) is 9.59 Å². The van der Waals surface area contributed by atoms with E-state index in [2.05, 4.69) is 37.7 Å². The maximum absolute atomic E-state index is 12.0. The molecule has 9 nitrogen and oxygen atoms in total. The largest absolute Gasteiger partial charge is 0.396 e. The molecule has 0 bridgehead atoms. The number of imide groups is 1. The van der Waals surface area contributed by atoms with Crippen LogP contribution in [0, 0.1) is 0 Å². The lowest BCUT2D eigenvalue weighted by molar-refractivity contribution is -0.133. The van der Waals surface area contributed by atoms with Gasteiger partial charge < -0.3 is 20.9 Å². The second kappa shape index (κ2) is 9.43. The van der Waals surface area contributed by atoms with E-state index in [9.17, 15) is 9.59 Å². The van der Waals surface area contributed by atoms with E-state index in [1.807, 2.05) is 23.0 Å². The zero-order chi connectivity index (χ0) is 22.8. The molecule has 176 valence electrons. The summed E-state index contributed by atoms with van der Waals surface area (Å²) in [5, 5.41) is 10.0. The lowest BCUT2D eigenvalue weighted by Gasteiger charge is -2.42. The highest BCUT2D eigenvalue weighted by molar-refractivity contribution is 6.01. The van der Waals surface area contributed by atoms with Crippen LogP contribution in [0.4, 0.5) is 17.1 Å². The number of likely N-dealkylation sites (tertiary alicyclic amines) is 1.